The van der Waals surface area contributed by atoms with Gasteiger partial charge in [0.1, 0.15) is 6.10 Å². The number of halogens is 1. The number of nitrogens with zero attached hydrogens (tertiary/aromatic N) is 1. The van der Waals surface area contributed by atoms with Crippen LogP contribution in [-0.2, 0) is 11.2 Å². The molecule has 112 valence electrons. The van der Waals surface area contributed by atoms with Gasteiger partial charge in [0.25, 0.3) is 0 Å². The summed E-state index contributed by atoms with van der Waals surface area (Å²) in [5, 5.41) is 3.40. The summed E-state index contributed by atoms with van der Waals surface area (Å²) in [4.78, 5) is 13.1. The van der Waals surface area contributed by atoms with Crippen molar-refractivity contribution in [3.05, 3.63) is 45.4 Å². The van der Waals surface area contributed by atoms with Gasteiger partial charge in [0.15, 0.2) is 0 Å². The third kappa shape index (κ3) is 3.95. The van der Waals surface area contributed by atoms with E-state index >= 15 is 0 Å². The molecule has 1 amide bonds. The highest BCUT2D eigenvalue weighted by molar-refractivity contribution is 7.06. The van der Waals surface area contributed by atoms with Gasteiger partial charge in [-0.25, -0.2) is 4.79 Å². The van der Waals surface area contributed by atoms with E-state index in [1.165, 1.54) is 11.5 Å². The molecule has 4 nitrogen and oxygen atoms in total. The summed E-state index contributed by atoms with van der Waals surface area (Å²) in [6.07, 6.45) is -0.0357. The Morgan fingerprint density at radius 1 is 1.52 bits per heavy atom. The van der Waals surface area contributed by atoms with Crippen molar-refractivity contribution in [1.29, 1.82) is 0 Å². The van der Waals surface area contributed by atoms with Crippen LogP contribution in [0.4, 0.5) is 10.5 Å². The summed E-state index contributed by atoms with van der Waals surface area (Å²) >= 11 is 7.34. The summed E-state index contributed by atoms with van der Waals surface area (Å²) in [7, 11) is 0. The number of carbonyl (C=O) groups is 1. The lowest BCUT2D eigenvalue weighted by Gasteiger charge is -2.14. The number of ether oxygens (including phenoxy) is 1. The average Bonchev–Trinajstić information content (AvgIpc) is 2.79. The molecule has 1 N–H and O–H groups in total. The molecular formula is C15H17ClN2O2S. The highest BCUT2D eigenvalue weighted by atomic mass is 35.5. The third-order valence-corrected chi connectivity index (χ3v) is 4.40. The van der Waals surface area contributed by atoms with E-state index in [2.05, 4.69) is 9.69 Å². The Kier molecular flexibility index (Phi) is 5.20. The Bertz CT molecular complexity index is 642. The molecule has 1 aromatic carbocycles. The first-order valence-electron chi connectivity index (χ1n) is 6.69. The van der Waals surface area contributed by atoms with Crippen LogP contribution in [0, 0.1) is 6.92 Å². The second-order valence-corrected chi connectivity index (χ2v) is 5.94. The van der Waals surface area contributed by atoms with Crippen LogP contribution in [-0.4, -0.2) is 10.5 Å². The molecular weight excluding hydrogens is 308 g/mol. The Balaban J connectivity index is 2.03. The van der Waals surface area contributed by atoms with Crippen LogP contribution in [0.2, 0.25) is 5.02 Å². The topological polar surface area (TPSA) is 51.2 Å². The van der Waals surface area contributed by atoms with Crippen molar-refractivity contribution in [1.82, 2.24) is 4.37 Å². The lowest BCUT2D eigenvalue weighted by atomic mass is 10.1. The van der Waals surface area contributed by atoms with Gasteiger partial charge in [0.05, 0.1) is 11.4 Å². The third-order valence-electron chi connectivity index (χ3n) is 3.08. The fraction of sp³-hybridized carbons (Fsp3) is 0.333. The van der Waals surface area contributed by atoms with E-state index < -0.39 is 6.09 Å². The van der Waals surface area contributed by atoms with Crippen LogP contribution >= 0.6 is 23.1 Å². The van der Waals surface area contributed by atoms with Crippen LogP contribution < -0.4 is 5.32 Å². The highest BCUT2D eigenvalue weighted by Gasteiger charge is 2.16. The first-order valence-corrected chi connectivity index (χ1v) is 7.84. The van der Waals surface area contributed by atoms with Crippen LogP contribution in [0.1, 0.15) is 36.1 Å². The molecule has 1 atom stereocenters. The maximum Gasteiger partial charge on any atom is 0.412 e. The molecule has 6 heteroatoms. The number of carbonyl (C=O) groups excluding carboxylic acids is 1. The number of hydrogen-bond donors (Lipinski definition) is 1. The van der Waals surface area contributed by atoms with Gasteiger partial charge in [-0.1, -0.05) is 30.7 Å². The highest BCUT2D eigenvalue weighted by Crippen LogP contribution is 2.26. The molecule has 0 aliphatic rings. The number of nitrogens with one attached hydrogen (secondary N) is 1. The van der Waals surface area contributed by atoms with Crippen molar-refractivity contribution >= 4 is 34.9 Å². The van der Waals surface area contributed by atoms with E-state index in [4.69, 9.17) is 16.3 Å². The van der Waals surface area contributed by atoms with Gasteiger partial charge in [0.2, 0.25) is 0 Å². The predicted octanol–water partition coefficient (Wildman–Crippen LogP) is 4.98. The van der Waals surface area contributed by atoms with Crippen molar-refractivity contribution in [2.75, 3.05) is 5.32 Å². The Morgan fingerprint density at radius 2 is 2.29 bits per heavy atom. The number of aryl methyl sites for hydroxylation is 2. The average molecular weight is 325 g/mol. The molecule has 0 saturated carbocycles. The number of rotatable bonds is 4. The molecule has 0 bridgehead atoms. The van der Waals surface area contributed by atoms with Crippen LogP contribution in [0.3, 0.4) is 0 Å². The molecule has 0 saturated heterocycles. The van der Waals surface area contributed by atoms with Crippen molar-refractivity contribution in [3.63, 3.8) is 0 Å². The smallest absolute Gasteiger partial charge is 0.412 e. The lowest BCUT2D eigenvalue weighted by molar-refractivity contribution is 0.121. The zero-order valence-corrected chi connectivity index (χ0v) is 13.7. The maximum atomic E-state index is 12.0. The van der Waals surface area contributed by atoms with E-state index in [9.17, 15) is 4.79 Å². The summed E-state index contributed by atoms with van der Waals surface area (Å²) in [5.74, 6) is 0. The Labute approximate surface area is 133 Å². The number of benzene rings is 1. The number of hydrogen-bond acceptors (Lipinski definition) is 4. The zero-order valence-electron chi connectivity index (χ0n) is 12.1. The van der Waals surface area contributed by atoms with E-state index in [0.717, 1.165) is 28.2 Å². The monoisotopic (exact) mass is 324 g/mol. The molecule has 0 aliphatic heterocycles. The van der Waals surface area contributed by atoms with Crippen LogP contribution in [0.15, 0.2) is 24.3 Å². The standard InChI is InChI=1S/C15H17ClN2O2S/c1-4-13-14(9(2)18-21-13)17-15(19)20-10(3)11-6-5-7-12(16)8-11/h5-8,10H,4H2,1-3H3,(H,17,19). The number of amides is 1. The summed E-state index contributed by atoms with van der Waals surface area (Å²) in [6, 6.07) is 7.27. The van der Waals surface area contributed by atoms with Crippen molar-refractivity contribution in [3.8, 4) is 0 Å². The van der Waals surface area contributed by atoms with E-state index in [-0.39, 0.29) is 6.10 Å². The molecule has 0 aliphatic carbocycles. The second-order valence-electron chi connectivity index (χ2n) is 4.65. The van der Waals surface area contributed by atoms with Gasteiger partial charge in [-0.3, -0.25) is 5.32 Å². The predicted molar refractivity (Wildman–Crippen MR) is 86.2 cm³/mol. The Morgan fingerprint density at radius 3 is 2.95 bits per heavy atom. The van der Waals surface area contributed by atoms with E-state index in [1.807, 2.05) is 32.9 Å². The summed E-state index contributed by atoms with van der Waals surface area (Å²) in [6.45, 7) is 5.70. The first kappa shape index (κ1) is 15.8. The number of anilines is 1. The van der Waals surface area contributed by atoms with Crippen molar-refractivity contribution in [2.24, 2.45) is 0 Å². The van der Waals surface area contributed by atoms with Gasteiger partial charge < -0.3 is 4.74 Å². The first-order chi connectivity index (χ1) is 10.0. The minimum absolute atomic E-state index is 0.374. The van der Waals surface area contributed by atoms with E-state index in [1.54, 1.807) is 12.1 Å². The lowest BCUT2D eigenvalue weighted by Crippen LogP contribution is -2.17. The van der Waals surface area contributed by atoms with Gasteiger partial charge >= 0.3 is 6.09 Å². The van der Waals surface area contributed by atoms with Gasteiger partial charge in [-0.15, -0.1) is 0 Å². The maximum absolute atomic E-state index is 12.0. The molecule has 2 rings (SSSR count). The van der Waals surface area contributed by atoms with Crippen LogP contribution in [0.25, 0.3) is 0 Å². The van der Waals surface area contributed by atoms with E-state index in [0.29, 0.717) is 5.02 Å². The quantitative estimate of drug-likeness (QED) is 0.863. The number of aromatic nitrogens is 1. The zero-order chi connectivity index (χ0) is 15.4. The van der Waals surface area contributed by atoms with Crippen molar-refractivity contribution in [2.45, 2.75) is 33.3 Å². The Hall–Kier alpha value is -1.59. The van der Waals surface area contributed by atoms with Gasteiger partial charge in [-0.05, 0) is 49.5 Å². The minimum atomic E-state index is -0.486. The fourth-order valence-electron chi connectivity index (χ4n) is 1.94. The van der Waals surface area contributed by atoms with Crippen LogP contribution in [0.5, 0.6) is 0 Å². The molecule has 1 unspecified atom stereocenters. The molecule has 1 heterocycles. The summed E-state index contributed by atoms with van der Waals surface area (Å²) in [5.41, 5.74) is 2.42. The van der Waals surface area contributed by atoms with Gasteiger partial charge in [0, 0.05) is 9.90 Å². The minimum Gasteiger partial charge on any atom is -0.441 e. The van der Waals surface area contributed by atoms with Crippen molar-refractivity contribution < 1.29 is 9.53 Å². The molecule has 2 aromatic rings. The molecule has 0 spiro atoms. The molecule has 0 radical (unpaired) electrons. The molecule has 21 heavy (non-hydrogen) atoms. The summed E-state index contributed by atoms with van der Waals surface area (Å²) < 4.78 is 9.63. The molecule has 1 aromatic heterocycles. The molecule has 0 fully saturated rings. The SMILES string of the molecule is CCc1snc(C)c1NC(=O)OC(C)c1cccc(Cl)c1. The van der Waals surface area contributed by atoms with Gasteiger partial charge in [-0.2, -0.15) is 4.37 Å². The second kappa shape index (κ2) is 6.91. The fourth-order valence-corrected chi connectivity index (χ4v) is 2.89. The largest absolute Gasteiger partial charge is 0.441 e. The normalized spacial score (nSPS) is 12.0.